The van der Waals surface area contributed by atoms with Gasteiger partial charge >= 0.3 is 0 Å². The molecule has 1 heterocycles. The Morgan fingerprint density at radius 2 is 1.73 bits per heavy atom. The molecule has 0 bridgehead atoms. The van der Waals surface area contributed by atoms with Crippen LogP contribution in [0.1, 0.15) is 12.8 Å². The lowest BCUT2D eigenvalue weighted by atomic mass is 10.4. The van der Waals surface area contributed by atoms with Gasteiger partial charge in [-0.15, -0.1) is 0 Å². The van der Waals surface area contributed by atoms with E-state index in [1.54, 1.807) is 6.07 Å². The zero-order valence-corrected chi connectivity index (χ0v) is 6.71. The van der Waals surface area contributed by atoms with Gasteiger partial charge in [0.2, 0.25) is 0 Å². The van der Waals surface area contributed by atoms with Crippen LogP contribution >= 0.6 is 0 Å². The van der Waals surface area contributed by atoms with Gasteiger partial charge in [-0.05, 0) is 25.9 Å². The van der Waals surface area contributed by atoms with Crippen molar-refractivity contribution >= 4 is 0 Å². The summed E-state index contributed by atoms with van der Waals surface area (Å²) < 4.78 is 0. The molecule has 0 saturated carbocycles. The van der Waals surface area contributed by atoms with E-state index in [9.17, 15) is 0 Å². The number of rotatable bonds is 0. The van der Waals surface area contributed by atoms with E-state index in [1.807, 2.05) is 0 Å². The Balaban J connectivity index is 0. The van der Waals surface area contributed by atoms with Gasteiger partial charge in [0, 0.05) is 6.08 Å². The van der Waals surface area contributed by atoms with Crippen molar-refractivity contribution in [3.63, 3.8) is 0 Å². The standard InChI is InChI=1S/C4H9N.C3H3N.H4N2/c1-2-4-5-3-1;1-2-3-4;1-2/h5H,1-4H2;2H,1H2;1-2H2. The van der Waals surface area contributed by atoms with Crippen molar-refractivity contribution in [3.8, 4) is 6.07 Å². The number of hydrogen-bond acceptors (Lipinski definition) is 4. The van der Waals surface area contributed by atoms with E-state index >= 15 is 0 Å². The molecule has 0 aromatic rings. The van der Waals surface area contributed by atoms with Crippen LogP contribution in [0.3, 0.4) is 0 Å². The van der Waals surface area contributed by atoms with Gasteiger partial charge < -0.3 is 5.32 Å². The summed E-state index contributed by atoms with van der Waals surface area (Å²) in [6, 6.07) is 1.69. The van der Waals surface area contributed by atoms with Crippen molar-refractivity contribution in [1.82, 2.24) is 5.32 Å². The monoisotopic (exact) mass is 156 g/mol. The molecule has 11 heavy (non-hydrogen) atoms. The van der Waals surface area contributed by atoms with Crippen LogP contribution in [0, 0.1) is 11.3 Å². The van der Waals surface area contributed by atoms with Crippen molar-refractivity contribution in [2.75, 3.05) is 13.1 Å². The first-order valence-electron chi connectivity index (χ1n) is 3.46. The molecule has 0 aromatic carbocycles. The zero-order valence-electron chi connectivity index (χ0n) is 6.71. The molecule has 1 rings (SSSR count). The fraction of sp³-hybridized carbons (Fsp3) is 0.571. The Kier molecular flexibility index (Phi) is 18.6. The summed E-state index contributed by atoms with van der Waals surface area (Å²) in [5, 5.41) is 10.7. The SMILES string of the molecule is C1CCNC1.C=CC#N.NN. The fourth-order valence-electron chi connectivity index (χ4n) is 0.625. The molecule has 0 aromatic heterocycles. The molecule has 1 fully saturated rings. The van der Waals surface area contributed by atoms with E-state index in [2.05, 4.69) is 23.6 Å². The van der Waals surface area contributed by atoms with Crippen LogP contribution < -0.4 is 17.0 Å². The molecule has 1 aliphatic heterocycles. The number of hydrogen-bond donors (Lipinski definition) is 3. The van der Waals surface area contributed by atoms with E-state index in [1.165, 1.54) is 32.0 Å². The van der Waals surface area contributed by atoms with Gasteiger partial charge in [0.1, 0.15) is 0 Å². The maximum absolute atomic E-state index is 7.51. The highest BCUT2D eigenvalue weighted by Gasteiger charge is 1.93. The molecule has 0 amide bonds. The van der Waals surface area contributed by atoms with Crippen molar-refractivity contribution in [1.29, 1.82) is 5.26 Å². The predicted octanol–water partition coefficient (Wildman–Crippen LogP) is -0.115. The van der Waals surface area contributed by atoms with Crippen LogP contribution in [0.2, 0.25) is 0 Å². The van der Waals surface area contributed by atoms with Crippen LogP contribution in [0.15, 0.2) is 12.7 Å². The van der Waals surface area contributed by atoms with Gasteiger partial charge in [-0.2, -0.15) is 5.26 Å². The molecule has 4 heteroatoms. The summed E-state index contributed by atoms with van der Waals surface area (Å²) in [5.74, 6) is 8.00. The summed E-state index contributed by atoms with van der Waals surface area (Å²) in [5.41, 5.74) is 0. The van der Waals surface area contributed by atoms with Crippen LogP contribution in [0.5, 0.6) is 0 Å². The van der Waals surface area contributed by atoms with Crippen LogP contribution in [-0.2, 0) is 0 Å². The van der Waals surface area contributed by atoms with E-state index in [0.29, 0.717) is 0 Å². The molecular weight excluding hydrogens is 140 g/mol. The van der Waals surface area contributed by atoms with Crippen LogP contribution in [-0.4, -0.2) is 13.1 Å². The summed E-state index contributed by atoms with van der Waals surface area (Å²) in [6.45, 7) is 5.62. The first-order valence-corrected chi connectivity index (χ1v) is 3.46. The van der Waals surface area contributed by atoms with Crippen LogP contribution in [0.25, 0.3) is 0 Å². The predicted molar refractivity (Wildman–Crippen MR) is 46.3 cm³/mol. The van der Waals surface area contributed by atoms with Gasteiger partial charge in [-0.1, -0.05) is 6.58 Å². The Hall–Kier alpha value is -0.890. The molecule has 4 nitrogen and oxygen atoms in total. The Bertz CT molecular complexity index is 93.9. The molecule has 0 aliphatic carbocycles. The lowest BCUT2D eigenvalue weighted by Crippen LogP contribution is -2.03. The van der Waals surface area contributed by atoms with Gasteiger partial charge in [-0.3, -0.25) is 11.7 Å². The number of nitrogens with two attached hydrogens (primary N) is 2. The number of nitriles is 1. The largest absolute Gasteiger partial charge is 0.317 e. The zero-order chi connectivity index (χ0) is 8.95. The molecule has 0 unspecified atom stereocenters. The number of nitrogens with one attached hydrogen (secondary N) is 1. The van der Waals surface area contributed by atoms with Crippen molar-refractivity contribution < 1.29 is 0 Å². The molecule has 1 saturated heterocycles. The number of nitrogens with zero attached hydrogens (tertiary/aromatic N) is 1. The maximum Gasteiger partial charge on any atom is 0.0905 e. The van der Waals surface area contributed by atoms with Gasteiger partial charge in [0.25, 0.3) is 0 Å². The average molecular weight is 156 g/mol. The molecule has 0 radical (unpaired) electrons. The molecule has 64 valence electrons. The van der Waals surface area contributed by atoms with Crippen molar-refractivity contribution in [2.45, 2.75) is 12.8 Å². The second kappa shape index (κ2) is 16.1. The first kappa shape index (κ1) is 12.8. The molecule has 0 spiro atoms. The highest BCUT2D eigenvalue weighted by atomic mass is 15.0. The Morgan fingerprint density at radius 3 is 1.82 bits per heavy atom. The lowest BCUT2D eigenvalue weighted by Gasteiger charge is -1.76. The van der Waals surface area contributed by atoms with Gasteiger partial charge in [0.15, 0.2) is 0 Å². The number of hydrazine groups is 1. The molecule has 1 aliphatic rings. The quantitative estimate of drug-likeness (QED) is 0.259. The minimum atomic E-state index is 1.18. The fourth-order valence-corrected chi connectivity index (χ4v) is 0.625. The summed E-state index contributed by atoms with van der Waals surface area (Å²) in [7, 11) is 0. The topological polar surface area (TPSA) is 87.9 Å². The Labute approximate surface area is 67.8 Å². The minimum absolute atomic E-state index is 1.18. The molecule has 5 N–H and O–H groups in total. The minimum Gasteiger partial charge on any atom is -0.317 e. The van der Waals surface area contributed by atoms with Crippen LogP contribution in [0.4, 0.5) is 0 Å². The van der Waals surface area contributed by atoms with E-state index in [0.717, 1.165) is 0 Å². The average Bonchev–Trinajstić information content (AvgIpc) is 2.65. The number of allylic oxidation sites excluding steroid dienone is 1. The normalized spacial score (nSPS) is 12.8. The maximum atomic E-state index is 7.51. The van der Waals surface area contributed by atoms with Crippen molar-refractivity contribution in [3.05, 3.63) is 12.7 Å². The highest BCUT2D eigenvalue weighted by molar-refractivity contribution is 4.93. The second-order valence-electron chi connectivity index (χ2n) is 1.79. The van der Waals surface area contributed by atoms with Crippen molar-refractivity contribution in [2.24, 2.45) is 11.7 Å². The highest BCUT2D eigenvalue weighted by Crippen LogP contribution is 1.90. The third-order valence-electron chi connectivity index (χ3n) is 1.05. The third-order valence-corrected chi connectivity index (χ3v) is 1.05. The smallest absolute Gasteiger partial charge is 0.0905 e. The summed E-state index contributed by atoms with van der Waals surface area (Å²) in [4.78, 5) is 0. The lowest BCUT2D eigenvalue weighted by molar-refractivity contribution is 0.857. The molecule has 0 atom stereocenters. The van der Waals surface area contributed by atoms with E-state index < -0.39 is 0 Å². The van der Waals surface area contributed by atoms with E-state index in [4.69, 9.17) is 5.26 Å². The summed E-state index contributed by atoms with van der Waals surface area (Å²) in [6.07, 6.45) is 3.96. The Morgan fingerprint density at radius 1 is 1.36 bits per heavy atom. The molecular formula is C7H16N4. The van der Waals surface area contributed by atoms with E-state index in [-0.39, 0.29) is 0 Å². The van der Waals surface area contributed by atoms with Gasteiger partial charge in [-0.25, -0.2) is 0 Å². The van der Waals surface area contributed by atoms with Gasteiger partial charge in [0.05, 0.1) is 6.07 Å². The summed E-state index contributed by atoms with van der Waals surface area (Å²) >= 11 is 0. The first-order chi connectivity index (χ1) is 5.41. The third kappa shape index (κ3) is 17.6. The second-order valence-corrected chi connectivity index (χ2v) is 1.79.